The van der Waals surface area contributed by atoms with Crippen LogP contribution in [0.3, 0.4) is 0 Å². The normalized spacial score (nSPS) is 10.5. The number of hydrogen-bond donors (Lipinski definition) is 2. The number of nitrogens with one attached hydrogen (secondary N) is 1. The molecule has 0 bridgehead atoms. The molecule has 7 heteroatoms. The minimum Gasteiger partial charge on any atom is -0.384 e. The van der Waals surface area contributed by atoms with E-state index in [1.807, 2.05) is 0 Å². The predicted molar refractivity (Wildman–Crippen MR) is 71.9 cm³/mol. The third kappa shape index (κ3) is 3.52. The predicted octanol–water partition coefficient (Wildman–Crippen LogP) is 2.74. The number of aromatic nitrogens is 2. The minimum absolute atomic E-state index is 0.0628. The molecule has 0 unspecified atom stereocenters. The number of nitrogens with two attached hydrogens (primary N) is 1. The molecule has 0 atom stereocenters. The first-order valence-corrected chi connectivity index (χ1v) is 5.80. The fourth-order valence-electron chi connectivity index (χ4n) is 1.50. The molecule has 1 aromatic carbocycles. The number of rotatable bonds is 4. The van der Waals surface area contributed by atoms with E-state index in [2.05, 4.69) is 15.3 Å². The third-order valence-electron chi connectivity index (χ3n) is 2.26. The third-order valence-corrected chi connectivity index (χ3v) is 2.56. The molecule has 2 aromatic rings. The highest BCUT2D eigenvalue weighted by molar-refractivity contribution is 6.30. The monoisotopic (exact) mass is 282 g/mol. The number of anilines is 3. The summed E-state index contributed by atoms with van der Waals surface area (Å²) in [4.78, 5) is 8.19. The molecule has 1 aromatic heterocycles. The van der Waals surface area contributed by atoms with Crippen molar-refractivity contribution in [2.45, 2.75) is 6.61 Å². The van der Waals surface area contributed by atoms with Gasteiger partial charge in [0.2, 0.25) is 0 Å². The van der Waals surface area contributed by atoms with Crippen molar-refractivity contribution in [3.8, 4) is 0 Å². The van der Waals surface area contributed by atoms with Crippen molar-refractivity contribution < 1.29 is 9.13 Å². The van der Waals surface area contributed by atoms with Crippen molar-refractivity contribution in [2.75, 3.05) is 18.2 Å². The molecule has 19 heavy (non-hydrogen) atoms. The molecule has 0 saturated carbocycles. The highest BCUT2D eigenvalue weighted by atomic mass is 35.5. The Labute approximate surface area is 114 Å². The van der Waals surface area contributed by atoms with Gasteiger partial charge in [0.25, 0.3) is 0 Å². The molecule has 5 nitrogen and oxygen atoms in total. The topological polar surface area (TPSA) is 73.1 Å². The first-order chi connectivity index (χ1) is 9.08. The number of benzene rings is 1. The molecule has 0 saturated heterocycles. The van der Waals surface area contributed by atoms with E-state index in [4.69, 9.17) is 22.1 Å². The molecular formula is C12H12ClFN4O. The second kappa shape index (κ2) is 5.81. The Kier molecular flexibility index (Phi) is 4.13. The highest BCUT2D eigenvalue weighted by Crippen LogP contribution is 2.22. The van der Waals surface area contributed by atoms with Gasteiger partial charge in [-0.15, -0.1) is 0 Å². The van der Waals surface area contributed by atoms with E-state index in [1.165, 1.54) is 19.2 Å². The van der Waals surface area contributed by atoms with E-state index < -0.39 is 5.82 Å². The zero-order valence-corrected chi connectivity index (χ0v) is 10.9. The lowest BCUT2D eigenvalue weighted by Crippen LogP contribution is -2.04. The summed E-state index contributed by atoms with van der Waals surface area (Å²) in [5.41, 5.74) is 6.17. The van der Waals surface area contributed by atoms with Crippen molar-refractivity contribution >= 4 is 28.9 Å². The second-order valence-corrected chi connectivity index (χ2v) is 4.19. The summed E-state index contributed by atoms with van der Waals surface area (Å²) in [6.45, 7) is 0.245. The average molecular weight is 283 g/mol. The van der Waals surface area contributed by atoms with Gasteiger partial charge in [0.05, 0.1) is 5.02 Å². The van der Waals surface area contributed by atoms with Gasteiger partial charge in [0.1, 0.15) is 24.1 Å². The SMILES string of the molecule is COCc1nc(N)cc(Nc2ccc(Cl)c(F)c2)n1. The van der Waals surface area contributed by atoms with E-state index in [0.717, 1.165) is 0 Å². The smallest absolute Gasteiger partial charge is 0.158 e. The maximum absolute atomic E-state index is 13.3. The lowest BCUT2D eigenvalue weighted by molar-refractivity contribution is 0.178. The summed E-state index contributed by atoms with van der Waals surface area (Å²) in [6.07, 6.45) is 0. The maximum Gasteiger partial charge on any atom is 0.158 e. The number of ether oxygens (including phenoxy) is 1. The van der Waals surface area contributed by atoms with Gasteiger partial charge in [-0.2, -0.15) is 0 Å². The minimum atomic E-state index is -0.509. The van der Waals surface area contributed by atoms with Crippen LogP contribution in [0.5, 0.6) is 0 Å². The van der Waals surface area contributed by atoms with Crippen molar-refractivity contribution in [1.29, 1.82) is 0 Å². The highest BCUT2D eigenvalue weighted by Gasteiger charge is 2.05. The van der Waals surface area contributed by atoms with E-state index in [9.17, 15) is 4.39 Å². The largest absolute Gasteiger partial charge is 0.384 e. The van der Waals surface area contributed by atoms with Crippen LogP contribution in [0.25, 0.3) is 0 Å². The molecule has 1 heterocycles. The number of methoxy groups -OCH3 is 1. The van der Waals surface area contributed by atoms with Crippen LogP contribution in [0.4, 0.5) is 21.7 Å². The standard InChI is InChI=1S/C12H12ClFN4O/c1-19-6-12-17-10(15)5-11(18-12)16-7-2-3-8(13)9(14)4-7/h2-5H,6H2,1H3,(H3,15,16,17,18). The van der Waals surface area contributed by atoms with Gasteiger partial charge in [-0.3, -0.25) is 0 Å². The first kappa shape index (κ1) is 13.5. The van der Waals surface area contributed by atoms with Gasteiger partial charge >= 0.3 is 0 Å². The van der Waals surface area contributed by atoms with E-state index in [1.54, 1.807) is 12.1 Å². The van der Waals surface area contributed by atoms with Crippen molar-refractivity contribution in [2.24, 2.45) is 0 Å². The van der Waals surface area contributed by atoms with Gasteiger partial charge in [-0.25, -0.2) is 14.4 Å². The zero-order chi connectivity index (χ0) is 13.8. The molecular weight excluding hydrogens is 271 g/mol. The second-order valence-electron chi connectivity index (χ2n) is 3.78. The van der Waals surface area contributed by atoms with E-state index >= 15 is 0 Å². The Morgan fingerprint density at radius 3 is 2.84 bits per heavy atom. The molecule has 0 spiro atoms. The molecule has 2 rings (SSSR count). The Hall–Kier alpha value is -1.92. The summed E-state index contributed by atoms with van der Waals surface area (Å²) in [5, 5.41) is 2.99. The summed E-state index contributed by atoms with van der Waals surface area (Å²) < 4.78 is 18.2. The molecule has 0 radical (unpaired) electrons. The van der Waals surface area contributed by atoms with Crippen LogP contribution >= 0.6 is 11.6 Å². The van der Waals surface area contributed by atoms with Crippen molar-refractivity contribution in [3.63, 3.8) is 0 Å². The van der Waals surface area contributed by atoms with Crippen LogP contribution in [0.2, 0.25) is 5.02 Å². The lowest BCUT2D eigenvalue weighted by atomic mass is 10.3. The number of halogens is 2. The van der Waals surface area contributed by atoms with Gasteiger partial charge in [-0.05, 0) is 18.2 Å². The van der Waals surface area contributed by atoms with Gasteiger partial charge < -0.3 is 15.8 Å². The van der Waals surface area contributed by atoms with Crippen LogP contribution in [0, 0.1) is 5.82 Å². The zero-order valence-electron chi connectivity index (χ0n) is 10.2. The Morgan fingerprint density at radius 1 is 1.37 bits per heavy atom. The van der Waals surface area contributed by atoms with Crippen LogP contribution in [-0.2, 0) is 11.3 Å². The first-order valence-electron chi connectivity index (χ1n) is 5.43. The molecule has 3 N–H and O–H groups in total. The Balaban J connectivity index is 2.24. The van der Waals surface area contributed by atoms with Gasteiger partial charge in [-0.1, -0.05) is 11.6 Å². The molecule has 0 aliphatic carbocycles. The van der Waals surface area contributed by atoms with E-state index in [-0.39, 0.29) is 11.6 Å². The molecule has 0 amide bonds. The summed E-state index contributed by atoms with van der Waals surface area (Å²) in [6, 6.07) is 5.92. The summed E-state index contributed by atoms with van der Waals surface area (Å²) in [5.74, 6) is 0.700. The van der Waals surface area contributed by atoms with Crippen LogP contribution in [-0.4, -0.2) is 17.1 Å². The van der Waals surface area contributed by atoms with Crippen molar-refractivity contribution in [1.82, 2.24) is 9.97 Å². The molecule has 100 valence electrons. The maximum atomic E-state index is 13.3. The van der Waals surface area contributed by atoms with Crippen LogP contribution < -0.4 is 11.1 Å². The molecule has 0 fully saturated rings. The van der Waals surface area contributed by atoms with Crippen molar-refractivity contribution in [3.05, 3.63) is 40.9 Å². The Morgan fingerprint density at radius 2 is 2.16 bits per heavy atom. The van der Waals surface area contributed by atoms with Gasteiger partial charge in [0.15, 0.2) is 5.82 Å². The Bertz CT molecular complexity index is 594. The van der Waals surface area contributed by atoms with Crippen LogP contribution in [0.1, 0.15) is 5.82 Å². The summed E-state index contributed by atoms with van der Waals surface area (Å²) in [7, 11) is 1.54. The number of nitrogen functional groups attached to an aromatic ring is 1. The number of nitrogens with zero attached hydrogens (tertiary/aromatic N) is 2. The van der Waals surface area contributed by atoms with Gasteiger partial charge in [0, 0.05) is 18.9 Å². The number of hydrogen-bond acceptors (Lipinski definition) is 5. The van der Waals surface area contributed by atoms with Crippen LogP contribution in [0.15, 0.2) is 24.3 Å². The fourth-order valence-corrected chi connectivity index (χ4v) is 1.61. The molecule has 0 aliphatic rings. The fraction of sp³-hybridized carbons (Fsp3) is 0.167. The average Bonchev–Trinajstić information content (AvgIpc) is 2.33. The summed E-state index contributed by atoms with van der Waals surface area (Å²) >= 11 is 5.61. The quantitative estimate of drug-likeness (QED) is 0.902. The van der Waals surface area contributed by atoms with E-state index in [0.29, 0.717) is 23.1 Å². The molecule has 0 aliphatic heterocycles. The lowest BCUT2D eigenvalue weighted by Gasteiger charge is -2.08.